The average molecular weight is 583 g/mol. The van der Waals surface area contributed by atoms with Gasteiger partial charge >= 0.3 is 0 Å². The number of aliphatic imine (C=N–C) groups is 1. The van der Waals surface area contributed by atoms with Gasteiger partial charge in [0, 0.05) is 18.2 Å². The standard InChI is InChI=1S/C26H29ClF2N4O7/c1-30-24-19(31-11-40-21-10-38-22-20(35)9-37-23(21)22)6-16(27)26(33-24)39-8-15-17(28)4-13(5-18(15)29)25(36)32-14-2-12(3-14)7-34/h4-6,12,14,20-23,31,34-35H,1-3,7-11H2,(H,32,36)/t12?,14?,20-,21-,22?,23-/m1/s1. The van der Waals surface area contributed by atoms with Crippen LogP contribution in [0, 0.1) is 17.6 Å². The summed E-state index contributed by atoms with van der Waals surface area (Å²) < 4.78 is 51.8. The summed E-state index contributed by atoms with van der Waals surface area (Å²) in [5, 5.41) is 24.7. The Hall–Kier alpha value is -2.94. The predicted molar refractivity (Wildman–Crippen MR) is 139 cm³/mol. The van der Waals surface area contributed by atoms with Crippen LogP contribution < -0.4 is 15.4 Å². The van der Waals surface area contributed by atoms with Crippen molar-refractivity contribution in [3.8, 4) is 5.88 Å². The van der Waals surface area contributed by atoms with Crippen molar-refractivity contribution in [2.75, 3.05) is 31.9 Å². The molecule has 11 nitrogen and oxygen atoms in total. The molecule has 2 saturated heterocycles. The van der Waals surface area contributed by atoms with Gasteiger partial charge in [-0.25, -0.2) is 13.8 Å². The highest BCUT2D eigenvalue weighted by Gasteiger charge is 2.47. The second kappa shape index (κ2) is 12.3. The van der Waals surface area contributed by atoms with Crippen LogP contribution in [-0.4, -0.2) is 84.8 Å². The van der Waals surface area contributed by atoms with Gasteiger partial charge in [0.1, 0.15) is 54.4 Å². The first-order valence-corrected chi connectivity index (χ1v) is 13.1. The number of aliphatic hydroxyl groups is 2. The molecule has 5 rings (SSSR count). The first-order valence-electron chi connectivity index (χ1n) is 12.7. The fourth-order valence-corrected chi connectivity index (χ4v) is 5.12. The summed E-state index contributed by atoms with van der Waals surface area (Å²) in [5.41, 5.74) is -0.188. The number of nitrogens with one attached hydrogen (secondary N) is 2. The highest BCUT2D eigenvalue weighted by molar-refractivity contribution is 6.32. The largest absolute Gasteiger partial charge is 0.471 e. The van der Waals surface area contributed by atoms with Gasteiger partial charge in [-0.3, -0.25) is 4.79 Å². The number of fused-ring (bicyclic) bond motifs is 1. The highest BCUT2D eigenvalue weighted by atomic mass is 35.5. The van der Waals surface area contributed by atoms with E-state index in [4.69, 9.17) is 35.7 Å². The first kappa shape index (κ1) is 28.6. The Balaban J connectivity index is 1.17. The Bertz CT molecular complexity index is 1240. The van der Waals surface area contributed by atoms with Crippen LogP contribution in [0.1, 0.15) is 28.8 Å². The minimum atomic E-state index is -0.961. The number of halogens is 3. The van der Waals surface area contributed by atoms with Crippen molar-refractivity contribution in [3.05, 3.63) is 46.0 Å². The molecule has 0 spiro atoms. The molecule has 1 amide bonds. The molecule has 14 heteroatoms. The molecule has 40 heavy (non-hydrogen) atoms. The molecular formula is C26H29ClF2N4O7. The maximum absolute atomic E-state index is 14.7. The zero-order valence-electron chi connectivity index (χ0n) is 21.3. The van der Waals surface area contributed by atoms with E-state index in [0.29, 0.717) is 18.5 Å². The summed E-state index contributed by atoms with van der Waals surface area (Å²) in [5.74, 6) is -2.40. The van der Waals surface area contributed by atoms with E-state index < -0.39 is 41.9 Å². The van der Waals surface area contributed by atoms with Crippen LogP contribution in [0.25, 0.3) is 0 Å². The van der Waals surface area contributed by atoms with Crippen molar-refractivity contribution in [1.29, 1.82) is 0 Å². The molecule has 4 N–H and O–H groups in total. The van der Waals surface area contributed by atoms with Gasteiger partial charge in [0.05, 0.1) is 24.5 Å². The van der Waals surface area contributed by atoms with Gasteiger partial charge in [0.15, 0.2) is 5.82 Å². The van der Waals surface area contributed by atoms with Crippen molar-refractivity contribution in [2.24, 2.45) is 10.9 Å². The normalized spacial score (nSPS) is 27.1. The van der Waals surface area contributed by atoms with Crippen LogP contribution in [0.4, 0.5) is 20.3 Å². The molecule has 3 fully saturated rings. The number of pyridine rings is 1. The molecule has 1 unspecified atom stereocenters. The third kappa shape index (κ3) is 6.04. The molecule has 0 radical (unpaired) electrons. The summed E-state index contributed by atoms with van der Waals surface area (Å²) in [6.07, 6.45) is -0.606. The Labute approximate surface area is 233 Å². The Kier molecular flexibility index (Phi) is 8.78. The predicted octanol–water partition coefficient (Wildman–Crippen LogP) is 2.34. The molecule has 2 aromatic rings. The van der Waals surface area contributed by atoms with Crippen LogP contribution in [0.3, 0.4) is 0 Å². The number of benzene rings is 1. The maximum Gasteiger partial charge on any atom is 0.251 e. The maximum atomic E-state index is 14.7. The third-order valence-corrected chi connectivity index (χ3v) is 7.47. The lowest BCUT2D eigenvalue weighted by molar-refractivity contribution is -0.0311. The van der Waals surface area contributed by atoms with E-state index in [-0.39, 0.29) is 73.0 Å². The zero-order valence-corrected chi connectivity index (χ0v) is 22.1. The van der Waals surface area contributed by atoms with Gasteiger partial charge in [-0.05, 0) is 43.7 Å². The Morgan fingerprint density at radius 3 is 2.62 bits per heavy atom. The van der Waals surface area contributed by atoms with E-state index in [1.807, 2.05) is 0 Å². The zero-order chi connectivity index (χ0) is 28.4. The van der Waals surface area contributed by atoms with E-state index in [1.54, 1.807) is 0 Å². The molecule has 1 aromatic carbocycles. The van der Waals surface area contributed by atoms with Gasteiger partial charge in [-0.15, -0.1) is 0 Å². The lowest BCUT2D eigenvalue weighted by atomic mass is 9.81. The second-order valence-corrected chi connectivity index (χ2v) is 10.3. The molecule has 3 heterocycles. The molecular weight excluding hydrogens is 554 g/mol. The van der Waals surface area contributed by atoms with Gasteiger partial charge in [0.25, 0.3) is 5.91 Å². The number of carbonyl (C=O) groups is 1. The van der Waals surface area contributed by atoms with E-state index in [0.717, 1.165) is 12.1 Å². The summed E-state index contributed by atoms with van der Waals surface area (Å²) in [6.45, 7) is 3.47. The van der Waals surface area contributed by atoms with Gasteiger partial charge in [0.2, 0.25) is 5.88 Å². The number of nitrogens with zero attached hydrogens (tertiary/aromatic N) is 2. The number of rotatable bonds is 11. The van der Waals surface area contributed by atoms with E-state index >= 15 is 0 Å². The van der Waals surface area contributed by atoms with Gasteiger partial charge in [-0.2, -0.15) is 4.98 Å². The number of hydrogen-bond donors (Lipinski definition) is 4. The van der Waals surface area contributed by atoms with Crippen molar-refractivity contribution < 1.29 is 42.7 Å². The topological polar surface area (TPSA) is 144 Å². The third-order valence-electron chi connectivity index (χ3n) is 7.20. The molecule has 1 saturated carbocycles. The number of carbonyl (C=O) groups excluding carboxylic acids is 1. The molecule has 216 valence electrons. The van der Waals surface area contributed by atoms with Crippen LogP contribution in [0.2, 0.25) is 5.02 Å². The quantitative estimate of drug-likeness (QED) is 0.232. The Morgan fingerprint density at radius 1 is 1.20 bits per heavy atom. The number of amides is 1. The SMILES string of the molecule is C=Nc1nc(OCc2c(F)cc(C(=O)NC3CC(CO)C3)cc2F)c(Cl)cc1NCO[C@@H]1COC2[C@H](O)CO[C@@H]21. The molecule has 1 aromatic heterocycles. The number of aromatic nitrogens is 1. The van der Waals surface area contributed by atoms with Gasteiger partial charge in [-0.1, -0.05) is 11.6 Å². The van der Waals surface area contributed by atoms with Crippen molar-refractivity contribution in [1.82, 2.24) is 10.3 Å². The number of ether oxygens (including phenoxy) is 4. The van der Waals surface area contributed by atoms with Crippen molar-refractivity contribution in [2.45, 2.75) is 49.9 Å². The van der Waals surface area contributed by atoms with Crippen molar-refractivity contribution in [3.63, 3.8) is 0 Å². The lowest BCUT2D eigenvalue weighted by Gasteiger charge is -2.34. The molecule has 0 bridgehead atoms. The van der Waals surface area contributed by atoms with Crippen LogP contribution in [0.5, 0.6) is 5.88 Å². The fraction of sp³-hybridized carbons (Fsp3) is 0.500. The van der Waals surface area contributed by atoms with E-state index in [2.05, 4.69) is 27.3 Å². The van der Waals surface area contributed by atoms with Crippen molar-refractivity contribution >= 4 is 35.7 Å². The smallest absolute Gasteiger partial charge is 0.251 e. The summed E-state index contributed by atoms with van der Waals surface area (Å²) >= 11 is 6.30. The second-order valence-electron chi connectivity index (χ2n) is 9.89. The minimum Gasteiger partial charge on any atom is -0.471 e. The molecule has 2 aliphatic heterocycles. The summed E-state index contributed by atoms with van der Waals surface area (Å²) in [6, 6.07) is 3.20. The lowest BCUT2D eigenvalue weighted by Crippen LogP contribution is -2.45. The monoisotopic (exact) mass is 582 g/mol. The number of aliphatic hydroxyl groups excluding tert-OH is 2. The highest BCUT2D eigenvalue weighted by Crippen LogP contribution is 2.34. The van der Waals surface area contributed by atoms with Crippen LogP contribution >= 0.6 is 11.6 Å². The minimum absolute atomic E-state index is 0.0244. The van der Waals surface area contributed by atoms with Gasteiger partial charge < -0.3 is 39.8 Å². The van der Waals surface area contributed by atoms with Crippen LogP contribution in [-0.2, 0) is 20.8 Å². The fourth-order valence-electron chi connectivity index (χ4n) is 4.91. The van der Waals surface area contributed by atoms with E-state index in [9.17, 15) is 18.7 Å². The molecule has 1 aliphatic carbocycles. The van der Waals surface area contributed by atoms with E-state index in [1.165, 1.54) is 6.07 Å². The summed E-state index contributed by atoms with van der Waals surface area (Å²) in [4.78, 5) is 20.4. The average Bonchev–Trinajstić information content (AvgIpc) is 3.48. The first-order chi connectivity index (χ1) is 19.3. The Morgan fingerprint density at radius 2 is 1.93 bits per heavy atom. The molecule has 3 aliphatic rings. The summed E-state index contributed by atoms with van der Waals surface area (Å²) in [7, 11) is 0. The number of hydrogen-bond acceptors (Lipinski definition) is 10. The van der Waals surface area contributed by atoms with Crippen LogP contribution in [0.15, 0.2) is 23.2 Å². The number of anilines is 1. The molecule has 4 atom stereocenters.